The van der Waals surface area contributed by atoms with Gasteiger partial charge in [0.15, 0.2) is 5.78 Å². The summed E-state index contributed by atoms with van der Waals surface area (Å²) < 4.78 is 12.8. The van der Waals surface area contributed by atoms with E-state index in [1.165, 1.54) is 44.2 Å². The van der Waals surface area contributed by atoms with Crippen LogP contribution in [0.1, 0.15) is 48.9 Å². The van der Waals surface area contributed by atoms with E-state index in [4.69, 9.17) is 0 Å². The van der Waals surface area contributed by atoms with Crippen LogP contribution in [0.15, 0.2) is 24.3 Å². The Morgan fingerprint density at radius 1 is 1.21 bits per heavy atom. The zero-order chi connectivity index (χ0) is 13.7. The Labute approximate surface area is 114 Å². The Morgan fingerprint density at radius 2 is 1.84 bits per heavy atom. The molecule has 0 amide bonds. The lowest BCUT2D eigenvalue weighted by atomic mass is 9.94. The molecule has 0 spiro atoms. The second-order valence-corrected chi connectivity index (χ2v) is 5.45. The van der Waals surface area contributed by atoms with Crippen LogP contribution in [0.25, 0.3) is 0 Å². The van der Waals surface area contributed by atoms with Crippen LogP contribution in [0.5, 0.6) is 0 Å². The molecule has 1 aliphatic carbocycles. The molecule has 0 aromatic heterocycles. The van der Waals surface area contributed by atoms with Crippen molar-refractivity contribution in [2.75, 3.05) is 13.6 Å². The minimum Gasteiger partial charge on any atom is -0.303 e. The molecule has 2 nitrogen and oxygen atoms in total. The number of rotatable bonds is 5. The maximum absolute atomic E-state index is 12.8. The van der Waals surface area contributed by atoms with E-state index in [2.05, 4.69) is 11.9 Å². The molecule has 0 unspecified atom stereocenters. The summed E-state index contributed by atoms with van der Waals surface area (Å²) in [6.45, 7) is 0.793. The first-order valence-electron chi connectivity index (χ1n) is 7.16. The van der Waals surface area contributed by atoms with E-state index >= 15 is 0 Å². The zero-order valence-corrected chi connectivity index (χ0v) is 11.6. The largest absolute Gasteiger partial charge is 0.303 e. The van der Waals surface area contributed by atoms with E-state index in [9.17, 15) is 9.18 Å². The molecule has 0 aliphatic heterocycles. The Kier molecular flexibility index (Phi) is 5.08. The Hall–Kier alpha value is -1.22. The fourth-order valence-corrected chi connectivity index (χ4v) is 2.76. The van der Waals surface area contributed by atoms with Crippen LogP contribution in [-0.4, -0.2) is 30.3 Å². The van der Waals surface area contributed by atoms with E-state index in [1.54, 1.807) is 12.1 Å². The van der Waals surface area contributed by atoms with E-state index in [1.807, 2.05) is 0 Å². The van der Waals surface area contributed by atoms with E-state index in [0.29, 0.717) is 18.0 Å². The fourth-order valence-electron chi connectivity index (χ4n) is 2.76. The summed E-state index contributed by atoms with van der Waals surface area (Å²) in [6.07, 6.45) is 6.97. The average Bonchev–Trinajstić information content (AvgIpc) is 2.46. The highest BCUT2D eigenvalue weighted by Gasteiger charge is 2.18. The molecule has 2 rings (SSSR count). The number of benzene rings is 1. The molecule has 1 fully saturated rings. The number of hydrogen-bond donors (Lipinski definition) is 0. The highest BCUT2D eigenvalue weighted by atomic mass is 19.1. The number of carbonyl (C=O) groups is 1. The molecule has 3 heteroatoms. The number of halogens is 1. The molecular weight excluding hydrogens is 241 g/mol. The molecule has 0 N–H and O–H groups in total. The SMILES string of the molecule is CN(CCC(=O)c1ccc(F)cc1)C1CCCCC1. The molecule has 0 heterocycles. The maximum Gasteiger partial charge on any atom is 0.164 e. The van der Waals surface area contributed by atoms with Gasteiger partial charge in [0, 0.05) is 24.6 Å². The van der Waals surface area contributed by atoms with Gasteiger partial charge in [0.2, 0.25) is 0 Å². The summed E-state index contributed by atoms with van der Waals surface area (Å²) in [4.78, 5) is 14.3. The molecule has 1 aromatic rings. The molecule has 104 valence electrons. The van der Waals surface area contributed by atoms with Crippen molar-refractivity contribution in [1.29, 1.82) is 0 Å². The molecule has 0 atom stereocenters. The molecule has 0 saturated heterocycles. The van der Waals surface area contributed by atoms with Gasteiger partial charge >= 0.3 is 0 Å². The van der Waals surface area contributed by atoms with Crippen molar-refractivity contribution in [1.82, 2.24) is 4.90 Å². The van der Waals surface area contributed by atoms with Crippen molar-refractivity contribution >= 4 is 5.78 Å². The number of nitrogens with zero attached hydrogens (tertiary/aromatic N) is 1. The van der Waals surface area contributed by atoms with Crippen LogP contribution in [0.4, 0.5) is 4.39 Å². The van der Waals surface area contributed by atoms with Crippen LogP contribution in [0.2, 0.25) is 0 Å². The molecular formula is C16H22FNO. The van der Waals surface area contributed by atoms with Crippen LogP contribution >= 0.6 is 0 Å². The highest BCUT2D eigenvalue weighted by Crippen LogP contribution is 2.21. The lowest BCUT2D eigenvalue weighted by Gasteiger charge is -2.30. The minimum atomic E-state index is -0.295. The topological polar surface area (TPSA) is 20.3 Å². The number of hydrogen-bond acceptors (Lipinski definition) is 2. The summed E-state index contributed by atoms with van der Waals surface area (Å²) in [6, 6.07) is 6.46. The van der Waals surface area contributed by atoms with Crippen molar-refractivity contribution in [2.45, 2.75) is 44.6 Å². The van der Waals surface area contributed by atoms with Crippen molar-refractivity contribution < 1.29 is 9.18 Å². The normalized spacial score (nSPS) is 16.8. The summed E-state index contributed by atoms with van der Waals surface area (Å²) in [5, 5.41) is 0. The van der Waals surface area contributed by atoms with Crippen molar-refractivity contribution in [3.8, 4) is 0 Å². The number of Topliss-reactive ketones (excluding diaryl/α,β-unsaturated/α-hetero) is 1. The van der Waals surface area contributed by atoms with Gasteiger partial charge in [-0.1, -0.05) is 19.3 Å². The van der Waals surface area contributed by atoms with Gasteiger partial charge in [-0.3, -0.25) is 4.79 Å². The van der Waals surface area contributed by atoms with Gasteiger partial charge in [0.1, 0.15) is 5.82 Å². The maximum atomic E-state index is 12.8. The standard InChI is InChI=1S/C16H22FNO/c1-18(15-5-3-2-4-6-15)12-11-16(19)13-7-9-14(17)10-8-13/h7-10,15H,2-6,11-12H2,1H3. The average molecular weight is 263 g/mol. The third-order valence-electron chi connectivity index (χ3n) is 4.06. The summed E-state index contributed by atoms with van der Waals surface area (Å²) in [5.41, 5.74) is 0.610. The fraction of sp³-hybridized carbons (Fsp3) is 0.562. The molecule has 0 radical (unpaired) electrons. The Balaban J connectivity index is 1.81. The lowest BCUT2D eigenvalue weighted by molar-refractivity contribution is 0.0952. The quantitative estimate of drug-likeness (QED) is 0.756. The van der Waals surface area contributed by atoms with Gasteiger partial charge in [-0.05, 0) is 44.2 Å². The molecule has 1 aromatic carbocycles. The smallest absolute Gasteiger partial charge is 0.164 e. The van der Waals surface area contributed by atoms with E-state index < -0.39 is 0 Å². The third kappa shape index (κ3) is 4.13. The van der Waals surface area contributed by atoms with Crippen LogP contribution in [0.3, 0.4) is 0 Å². The van der Waals surface area contributed by atoms with Gasteiger partial charge < -0.3 is 4.90 Å². The van der Waals surface area contributed by atoms with Crippen molar-refractivity contribution in [2.24, 2.45) is 0 Å². The molecule has 1 aliphatic rings. The van der Waals surface area contributed by atoms with Gasteiger partial charge in [-0.2, -0.15) is 0 Å². The van der Waals surface area contributed by atoms with Gasteiger partial charge in [0.05, 0.1) is 0 Å². The lowest BCUT2D eigenvalue weighted by Crippen LogP contribution is -2.34. The Morgan fingerprint density at radius 3 is 2.47 bits per heavy atom. The van der Waals surface area contributed by atoms with E-state index in [0.717, 1.165) is 6.54 Å². The monoisotopic (exact) mass is 263 g/mol. The van der Waals surface area contributed by atoms with Crippen LogP contribution in [0, 0.1) is 5.82 Å². The predicted molar refractivity (Wildman–Crippen MR) is 74.9 cm³/mol. The van der Waals surface area contributed by atoms with Crippen LogP contribution in [-0.2, 0) is 0 Å². The first kappa shape index (κ1) is 14.2. The van der Waals surface area contributed by atoms with Crippen LogP contribution < -0.4 is 0 Å². The second kappa shape index (κ2) is 6.80. The zero-order valence-electron chi connectivity index (χ0n) is 11.6. The third-order valence-corrected chi connectivity index (χ3v) is 4.06. The van der Waals surface area contributed by atoms with Gasteiger partial charge in [-0.15, -0.1) is 0 Å². The molecule has 1 saturated carbocycles. The highest BCUT2D eigenvalue weighted by molar-refractivity contribution is 5.96. The predicted octanol–water partition coefficient (Wildman–Crippen LogP) is 3.66. The molecule has 19 heavy (non-hydrogen) atoms. The Bertz CT molecular complexity index is 409. The minimum absolute atomic E-state index is 0.0997. The first-order chi connectivity index (χ1) is 9.16. The van der Waals surface area contributed by atoms with Gasteiger partial charge in [0.25, 0.3) is 0 Å². The number of ketones is 1. The summed E-state index contributed by atoms with van der Waals surface area (Å²) in [5.74, 6) is -0.196. The van der Waals surface area contributed by atoms with Crippen molar-refractivity contribution in [3.63, 3.8) is 0 Å². The summed E-state index contributed by atoms with van der Waals surface area (Å²) >= 11 is 0. The molecule has 0 bridgehead atoms. The van der Waals surface area contributed by atoms with Crippen molar-refractivity contribution in [3.05, 3.63) is 35.6 Å². The summed E-state index contributed by atoms with van der Waals surface area (Å²) in [7, 11) is 2.11. The first-order valence-corrected chi connectivity index (χ1v) is 7.16. The number of carbonyl (C=O) groups excluding carboxylic acids is 1. The second-order valence-electron chi connectivity index (χ2n) is 5.45. The van der Waals surface area contributed by atoms with Gasteiger partial charge in [-0.25, -0.2) is 4.39 Å². The van der Waals surface area contributed by atoms with E-state index in [-0.39, 0.29) is 11.6 Å².